The maximum absolute atomic E-state index is 12.3. The lowest BCUT2D eigenvalue weighted by Crippen LogP contribution is -2.10. The van der Waals surface area contributed by atoms with Gasteiger partial charge in [-0.05, 0) is 82.7 Å². The fourth-order valence-corrected chi connectivity index (χ4v) is 4.76. The zero-order valence-electron chi connectivity index (χ0n) is 20.5. The molecule has 0 aliphatic carbocycles. The molecular weight excluding hydrogens is 424 g/mol. The zero-order chi connectivity index (χ0) is 24.8. The first kappa shape index (κ1) is 25.2. The number of rotatable bonds is 10. The summed E-state index contributed by atoms with van der Waals surface area (Å²) in [5.74, 6) is -1.54. The highest BCUT2D eigenvalue weighted by atomic mass is 16.4. The summed E-state index contributed by atoms with van der Waals surface area (Å²) < 4.78 is 0. The van der Waals surface area contributed by atoms with Crippen molar-refractivity contribution in [1.29, 1.82) is 0 Å². The summed E-state index contributed by atoms with van der Waals surface area (Å²) in [6.07, 6.45) is 4.39. The van der Waals surface area contributed by atoms with Crippen molar-refractivity contribution in [3.8, 4) is 22.3 Å². The van der Waals surface area contributed by atoms with E-state index >= 15 is 0 Å². The zero-order valence-corrected chi connectivity index (χ0v) is 20.5. The number of carboxylic acid groups (broad SMARTS) is 2. The SMILES string of the molecule is CCCCc1c(CC(C)C)cc(CC)c(-c2ccccc2C(=O)O)c1-c1ccccc1C(=O)O. The van der Waals surface area contributed by atoms with Crippen molar-refractivity contribution in [2.45, 2.75) is 59.8 Å². The third-order valence-electron chi connectivity index (χ3n) is 6.25. The largest absolute Gasteiger partial charge is 0.478 e. The Morgan fingerprint density at radius 2 is 1.32 bits per heavy atom. The van der Waals surface area contributed by atoms with E-state index in [1.54, 1.807) is 24.3 Å². The van der Waals surface area contributed by atoms with Crippen LogP contribution in [-0.2, 0) is 19.3 Å². The summed E-state index contributed by atoms with van der Waals surface area (Å²) >= 11 is 0. The lowest BCUT2D eigenvalue weighted by molar-refractivity contribution is 0.0686. The first-order valence-corrected chi connectivity index (χ1v) is 12.1. The molecule has 2 N–H and O–H groups in total. The normalized spacial score (nSPS) is 11.1. The van der Waals surface area contributed by atoms with Crippen LogP contribution in [0.1, 0.15) is 77.9 Å². The van der Waals surface area contributed by atoms with Crippen LogP contribution in [0, 0.1) is 5.92 Å². The van der Waals surface area contributed by atoms with Crippen LogP contribution >= 0.6 is 0 Å². The molecule has 34 heavy (non-hydrogen) atoms. The highest BCUT2D eigenvalue weighted by Crippen LogP contribution is 2.43. The van der Waals surface area contributed by atoms with E-state index in [0.29, 0.717) is 23.5 Å². The van der Waals surface area contributed by atoms with Crippen molar-refractivity contribution in [2.24, 2.45) is 5.92 Å². The van der Waals surface area contributed by atoms with Crippen LogP contribution in [0.4, 0.5) is 0 Å². The van der Waals surface area contributed by atoms with Crippen LogP contribution in [0.15, 0.2) is 54.6 Å². The van der Waals surface area contributed by atoms with E-state index in [4.69, 9.17) is 0 Å². The highest BCUT2D eigenvalue weighted by Gasteiger charge is 2.25. The molecule has 3 rings (SSSR count). The molecule has 4 nitrogen and oxygen atoms in total. The Hall–Kier alpha value is -3.40. The number of carboxylic acids is 2. The van der Waals surface area contributed by atoms with Gasteiger partial charge in [-0.25, -0.2) is 9.59 Å². The fourth-order valence-electron chi connectivity index (χ4n) is 4.76. The smallest absolute Gasteiger partial charge is 0.336 e. The van der Waals surface area contributed by atoms with Crippen LogP contribution in [0.2, 0.25) is 0 Å². The van der Waals surface area contributed by atoms with Crippen LogP contribution < -0.4 is 0 Å². The van der Waals surface area contributed by atoms with E-state index < -0.39 is 11.9 Å². The molecule has 0 unspecified atom stereocenters. The van der Waals surface area contributed by atoms with E-state index in [1.807, 2.05) is 24.3 Å². The third-order valence-corrected chi connectivity index (χ3v) is 6.25. The van der Waals surface area contributed by atoms with Crippen molar-refractivity contribution in [3.05, 3.63) is 82.4 Å². The lowest BCUT2D eigenvalue weighted by atomic mass is 9.78. The molecule has 3 aromatic rings. The number of hydrogen-bond donors (Lipinski definition) is 2. The standard InChI is InChI=1S/C30H34O4/c1-5-7-12-22-21(17-19(3)4)18-20(6-2)27(23-13-8-10-15-25(23)29(31)32)28(22)24-14-9-11-16-26(24)30(33)34/h8-11,13-16,18-19H,5-7,12,17H2,1-4H3,(H,31,32)(H,33,34). The molecule has 0 heterocycles. The van der Waals surface area contributed by atoms with Gasteiger partial charge >= 0.3 is 11.9 Å². The summed E-state index contributed by atoms with van der Waals surface area (Å²) in [4.78, 5) is 24.5. The summed E-state index contributed by atoms with van der Waals surface area (Å²) in [5, 5.41) is 20.0. The van der Waals surface area contributed by atoms with Crippen LogP contribution in [0.3, 0.4) is 0 Å². The second kappa shape index (κ2) is 11.1. The molecule has 178 valence electrons. The molecular formula is C30H34O4. The van der Waals surface area contributed by atoms with Gasteiger partial charge in [-0.3, -0.25) is 0 Å². The fraction of sp³-hybridized carbons (Fsp3) is 0.333. The number of aryl methyl sites for hydroxylation is 1. The van der Waals surface area contributed by atoms with Gasteiger partial charge in [0.05, 0.1) is 11.1 Å². The van der Waals surface area contributed by atoms with Gasteiger partial charge in [0.15, 0.2) is 0 Å². The highest BCUT2D eigenvalue weighted by molar-refractivity contribution is 6.04. The van der Waals surface area contributed by atoms with E-state index in [9.17, 15) is 19.8 Å². The number of benzene rings is 3. The van der Waals surface area contributed by atoms with Gasteiger partial charge in [-0.2, -0.15) is 0 Å². The minimum atomic E-state index is -0.989. The van der Waals surface area contributed by atoms with E-state index in [-0.39, 0.29) is 11.1 Å². The van der Waals surface area contributed by atoms with Gasteiger partial charge in [0.1, 0.15) is 0 Å². The number of hydrogen-bond acceptors (Lipinski definition) is 2. The minimum absolute atomic E-state index is 0.226. The van der Waals surface area contributed by atoms with Gasteiger partial charge < -0.3 is 10.2 Å². The van der Waals surface area contributed by atoms with Crippen molar-refractivity contribution in [1.82, 2.24) is 0 Å². The van der Waals surface area contributed by atoms with Gasteiger partial charge in [0, 0.05) is 0 Å². The third kappa shape index (κ3) is 5.22. The maximum atomic E-state index is 12.3. The Bertz CT molecular complexity index is 1190. The molecule has 0 bridgehead atoms. The molecule has 0 aliphatic heterocycles. The minimum Gasteiger partial charge on any atom is -0.478 e. The number of aromatic carboxylic acids is 2. The van der Waals surface area contributed by atoms with Crippen LogP contribution in [-0.4, -0.2) is 22.2 Å². The summed E-state index contributed by atoms with van der Waals surface area (Å²) in [5.41, 5.74) is 6.86. The Morgan fingerprint density at radius 3 is 1.79 bits per heavy atom. The first-order valence-electron chi connectivity index (χ1n) is 12.1. The Labute approximate surface area is 202 Å². The van der Waals surface area contributed by atoms with E-state index in [0.717, 1.165) is 47.9 Å². The average Bonchev–Trinajstić information content (AvgIpc) is 2.82. The summed E-state index contributed by atoms with van der Waals surface area (Å²) in [6.45, 7) is 8.59. The molecule has 0 saturated heterocycles. The van der Waals surface area contributed by atoms with Gasteiger partial charge in [0.25, 0.3) is 0 Å². The van der Waals surface area contributed by atoms with Crippen molar-refractivity contribution in [3.63, 3.8) is 0 Å². The van der Waals surface area contributed by atoms with Gasteiger partial charge in [-0.15, -0.1) is 0 Å². The first-order chi connectivity index (χ1) is 16.3. The average molecular weight is 459 g/mol. The predicted octanol–water partition coefficient (Wildman–Crippen LogP) is 7.52. The quantitative estimate of drug-likeness (QED) is 0.329. The summed E-state index contributed by atoms with van der Waals surface area (Å²) in [6, 6.07) is 16.4. The number of unbranched alkanes of at least 4 members (excludes halogenated alkanes) is 1. The van der Waals surface area contributed by atoms with Crippen LogP contribution in [0.5, 0.6) is 0 Å². The molecule has 0 amide bonds. The van der Waals surface area contributed by atoms with E-state index in [2.05, 4.69) is 33.8 Å². The lowest BCUT2D eigenvalue weighted by Gasteiger charge is -2.25. The van der Waals surface area contributed by atoms with Gasteiger partial charge in [-0.1, -0.05) is 76.6 Å². The van der Waals surface area contributed by atoms with Crippen LogP contribution in [0.25, 0.3) is 22.3 Å². The van der Waals surface area contributed by atoms with Crippen molar-refractivity contribution in [2.75, 3.05) is 0 Å². The number of carbonyl (C=O) groups is 2. The molecule has 4 heteroatoms. The van der Waals surface area contributed by atoms with E-state index in [1.165, 1.54) is 5.56 Å². The second-order valence-electron chi connectivity index (χ2n) is 9.18. The summed E-state index contributed by atoms with van der Waals surface area (Å²) in [7, 11) is 0. The molecule has 0 radical (unpaired) electrons. The maximum Gasteiger partial charge on any atom is 0.336 e. The van der Waals surface area contributed by atoms with Crippen molar-refractivity contribution < 1.29 is 19.8 Å². The molecule has 3 aromatic carbocycles. The van der Waals surface area contributed by atoms with Gasteiger partial charge in [0.2, 0.25) is 0 Å². The Kier molecular flexibility index (Phi) is 8.27. The second-order valence-corrected chi connectivity index (χ2v) is 9.18. The molecule has 0 spiro atoms. The monoisotopic (exact) mass is 458 g/mol. The molecule has 0 atom stereocenters. The predicted molar refractivity (Wildman–Crippen MR) is 138 cm³/mol. The molecule has 0 aromatic heterocycles. The topological polar surface area (TPSA) is 74.6 Å². The van der Waals surface area contributed by atoms with Crippen molar-refractivity contribution >= 4 is 11.9 Å². The Morgan fingerprint density at radius 1 is 0.794 bits per heavy atom. The molecule has 0 aliphatic rings. The molecule has 0 saturated carbocycles. The molecule has 0 fully saturated rings. The Balaban J connectivity index is 2.56.